The Kier molecular flexibility index (Phi) is 5.70. The molecule has 3 amide bonds. The van der Waals surface area contributed by atoms with E-state index < -0.39 is 11.1 Å². The summed E-state index contributed by atoms with van der Waals surface area (Å²) in [6, 6.07) is 12.4. The molecule has 0 radical (unpaired) electrons. The summed E-state index contributed by atoms with van der Waals surface area (Å²) in [6.45, 7) is 1.53. The first-order valence-electron chi connectivity index (χ1n) is 9.26. The Hall–Kier alpha value is -3.35. The van der Waals surface area contributed by atoms with E-state index in [0.717, 1.165) is 22.2 Å². The Morgan fingerprint density at radius 3 is 2.57 bits per heavy atom. The van der Waals surface area contributed by atoms with Crippen LogP contribution in [-0.4, -0.2) is 59.7 Å². The van der Waals surface area contributed by atoms with Crippen molar-refractivity contribution in [3.63, 3.8) is 0 Å². The molecule has 0 N–H and O–H groups in total. The molecule has 0 aliphatic carbocycles. The molecule has 152 valence electrons. The second-order valence-corrected chi connectivity index (χ2v) is 7.65. The molecule has 0 atom stereocenters. The monoisotopic (exact) mass is 423 g/mol. The lowest BCUT2D eigenvalue weighted by Gasteiger charge is -2.27. The highest BCUT2D eigenvalue weighted by Gasteiger charge is 2.37. The molecule has 0 unspecified atom stereocenters. The predicted molar refractivity (Wildman–Crippen MR) is 109 cm³/mol. The lowest BCUT2D eigenvalue weighted by molar-refractivity contribution is -0.139. The second-order valence-electron chi connectivity index (χ2n) is 6.65. The molecule has 0 saturated carbocycles. The number of ether oxygens (including phenoxy) is 1. The summed E-state index contributed by atoms with van der Waals surface area (Å²) >= 11 is 0.782. The van der Waals surface area contributed by atoms with E-state index in [4.69, 9.17) is 14.4 Å². The molecule has 2 aliphatic rings. The van der Waals surface area contributed by atoms with Gasteiger partial charge >= 0.3 is 0 Å². The molecule has 3 heterocycles. The van der Waals surface area contributed by atoms with Gasteiger partial charge in [0.05, 0.1) is 29.8 Å². The summed E-state index contributed by atoms with van der Waals surface area (Å²) in [7, 11) is 0. The molecular formula is C21H17N3O5S. The van der Waals surface area contributed by atoms with Gasteiger partial charge in [0.1, 0.15) is 18.1 Å². The van der Waals surface area contributed by atoms with E-state index in [1.807, 2.05) is 0 Å². The molecular weight excluding hydrogens is 406 g/mol. The maximum atomic E-state index is 12.6. The zero-order valence-corrected chi connectivity index (χ0v) is 16.7. The minimum absolute atomic E-state index is 0.204. The predicted octanol–water partition coefficient (Wildman–Crippen LogP) is 2.71. The molecule has 0 bridgehead atoms. The van der Waals surface area contributed by atoms with Gasteiger partial charge in [-0.2, -0.15) is 5.26 Å². The van der Waals surface area contributed by atoms with E-state index in [2.05, 4.69) is 6.07 Å². The van der Waals surface area contributed by atoms with Crippen LogP contribution in [0.3, 0.4) is 0 Å². The number of amides is 3. The number of hydrogen-bond donors (Lipinski definition) is 0. The molecule has 9 heteroatoms. The molecule has 1 aromatic carbocycles. The van der Waals surface area contributed by atoms with Gasteiger partial charge in [-0.1, -0.05) is 0 Å². The summed E-state index contributed by atoms with van der Waals surface area (Å²) in [4.78, 5) is 40.0. The normalized spacial score (nSPS) is 18.2. The Labute approximate surface area is 176 Å². The number of imide groups is 1. The van der Waals surface area contributed by atoms with Gasteiger partial charge in [-0.3, -0.25) is 19.3 Å². The number of nitriles is 1. The molecule has 30 heavy (non-hydrogen) atoms. The number of rotatable bonds is 4. The average molecular weight is 423 g/mol. The van der Waals surface area contributed by atoms with Crippen LogP contribution in [-0.2, 0) is 14.3 Å². The zero-order chi connectivity index (χ0) is 21.1. The molecule has 4 rings (SSSR count). The van der Waals surface area contributed by atoms with Crippen LogP contribution < -0.4 is 0 Å². The van der Waals surface area contributed by atoms with Crippen molar-refractivity contribution in [2.75, 3.05) is 32.8 Å². The van der Waals surface area contributed by atoms with Crippen molar-refractivity contribution >= 4 is 34.9 Å². The van der Waals surface area contributed by atoms with Gasteiger partial charge in [0, 0.05) is 24.7 Å². The van der Waals surface area contributed by atoms with E-state index in [1.54, 1.807) is 41.3 Å². The summed E-state index contributed by atoms with van der Waals surface area (Å²) < 4.78 is 11.0. The fourth-order valence-corrected chi connectivity index (χ4v) is 3.93. The van der Waals surface area contributed by atoms with E-state index in [1.165, 1.54) is 6.08 Å². The van der Waals surface area contributed by atoms with Crippen molar-refractivity contribution < 1.29 is 23.5 Å². The van der Waals surface area contributed by atoms with Gasteiger partial charge in [-0.15, -0.1) is 0 Å². The Morgan fingerprint density at radius 1 is 1.13 bits per heavy atom. The van der Waals surface area contributed by atoms with Crippen molar-refractivity contribution in [2.24, 2.45) is 0 Å². The lowest BCUT2D eigenvalue weighted by atomic mass is 10.1. The molecule has 2 aromatic rings. The third kappa shape index (κ3) is 4.15. The van der Waals surface area contributed by atoms with Crippen molar-refractivity contribution in [3.05, 3.63) is 52.6 Å². The Bertz CT molecular complexity index is 1060. The van der Waals surface area contributed by atoms with Gasteiger partial charge in [0.25, 0.3) is 11.1 Å². The number of morpholine rings is 1. The quantitative estimate of drug-likeness (QED) is 0.697. The third-order valence-corrected chi connectivity index (χ3v) is 5.64. The van der Waals surface area contributed by atoms with Crippen molar-refractivity contribution in [1.82, 2.24) is 9.80 Å². The number of thioether (sulfide) groups is 1. The van der Waals surface area contributed by atoms with Crippen LogP contribution in [0, 0.1) is 11.3 Å². The molecule has 2 aliphatic heterocycles. The molecule has 8 nitrogen and oxygen atoms in total. The minimum atomic E-state index is -0.511. The second kappa shape index (κ2) is 8.57. The van der Waals surface area contributed by atoms with E-state index in [-0.39, 0.29) is 17.4 Å². The summed E-state index contributed by atoms with van der Waals surface area (Å²) in [5.74, 6) is 0.206. The maximum Gasteiger partial charge on any atom is 0.294 e. The largest absolute Gasteiger partial charge is 0.457 e. The van der Waals surface area contributed by atoms with Gasteiger partial charge in [0.2, 0.25) is 5.91 Å². The summed E-state index contributed by atoms with van der Waals surface area (Å²) in [5, 5.41) is 8.40. The number of nitrogens with zero attached hydrogens (tertiary/aromatic N) is 3. The van der Waals surface area contributed by atoms with Crippen LogP contribution in [0.15, 0.2) is 45.7 Å². The number of carbonyl (C=O) groups is 3. The highest BCUT2D eigenvalue weighted by atomic mass is 32.2. The van der Waals surface area contributed by atoms with Crippen LogP contribution in [0.25, 0.3) is 17.4 Å². The Morgan fingerprint density at radius 2 is 1.87 bits per heavy atom. The molecule has 2 fully saturated rings. The smallest absolute Gasteiger partial charge is 0.294 e. The fraction of sp³-hybridized carbons (Fsp3) is 0.238. The Balaban J connectivity index is 1.46. The first kappa shape index (κ1) is 19.9. The van der Waals surface area contributed by atoms with Crippen LogP contribution in [0.4, 0.5) is 4.79 Å². The van der Waals surface area contributed by atoms with Crippen LogP contribution in [0.2, 0.25) is 0 Å². The zero-order valence-electron chi connectivity index (χ0n) is 15.9. The van der Waals surface area contributed by atoms with Crippen molar-refractivity contribution in [3.8, 4) is 17.4 Å². The standard InChI is InChI=1S/C21H17N3O5S/c22-12-14-1-3-15(4-2-14)17-6-5-16(29-17)11-18-20(26)24(21(27)30-18)13-19(25)23-7-9-28-10-8-23/h1-6,11H,7-10,13H2/b18-11+. The molecule has 2 saturated heterocycles. The number of carbonyl (C=O) groups excluding carboxylic acids is 3. The topological polar surface area (TPSA) is 104 Å². The van der Waals surface area contributed by atoms with Gasteiger partial charge in [-0.25, -0.2) is 0 Å². The summed E-state index contributed by atoms with van der Waals surface area (Å²) in [5.41, 5.74) is 1.34. The highest BCUT2D eigenvalue weighted by molar-refractivity contribution is 8.18. The SMILES string of the molecule is N#Cc1ccc(-c2ccc(/C=C3/SC(=O)N(CC(=O)N4CCOCC4)C3=O)o2)cc1. The van der Waals surface area contributed by atoms with E-state index >= 15 is 0 Å². The number of benzene rings is 1. The molecule has 1 aromatic heterocycles. The van der Waals surface area contributed by atoms with Gasteiger partial charge in [0.15, 0.2) is 0 Å². The maximum absolute atomic E-state index is 12.6. The van der Waals surface area contributed by atoms with Gasteiger partial charge in [-0.05, 0) is 48.2 Å². The van der Waals surface area contributed by atoms with Crippen LogP contribution >= 0.6 is 11.8 Å². The lowest BCUT2D eigenvalue weighted by Crippen LogP contribution is -2.46. The van der Waals surface area contributed by atoms with E-state index in [9.17, 15) is 14.4 Å². The fourth-order valence-electron chi connectivity index (χ4n) is 3.11. The highest BCUT2D eigenvalue weighted by Crippen LogP contribution is 2.33. The minimum Gasteiger partial charge on any atom is -0.457 e. The summed E-state index contributed by atoms with van der Waals surface area (Å²) in [6.07, 6.45) is 1.50. The first-order chi connectivity index (χ1) is 14.5. The molecule has 0 spiro atoms. The van der Waals surface area contributed by atoms with Gasteiger partial charge < -0.3 is 14.1 Å². The van der Waals surface area contributed by atoms with Crippen LogP contribution in [0.5, 0.6) is 0 Å². The van der Waals surface area contributed by atoms with E-state index in [0.29, 0.717) is 43.4 Å². The van der Waals surface area contributed by atoms with Crippen molar-refractivity contribution in [2.45, 2.75) is 0 Å². The number of furan rings is 1. The van der Waals surface area contributed by atoms with Crippen LogP contribution in [0.1, 0.15) is 11.3 Å². The average Bonchev–Trinajstić information content (AvgIpc) is 3.35. The van der Waals surface area contributed by atoms with Crippen molar-refractivity contribution in [1.29, 1.82) is 5.26 Å². The number of hydrogen-bond acceptors (Lipinski definition) is 7. The first-order valence-corrected chi connectivity index (χ1v) is 10.1. The third-order valence-electron chi connectivity index (χ3n) is 4.73.